The van der Waals surface area contributed by atoms with Crippen molar-refractivity contribution in [2.45, 2.75) is 0 Å². The van der Waals surface area contributed by atoms with Crippen LogP contribution in [0.15, 0.2) is 53.6 Å². The summed E-state index contributed by atoms with van der Waals surface area (Å²) in [5.41, 5.74) is 4.53. The number of hydrogen-bond acceptors (Lipinski definition) is 3. The fourth-order valence-corrected chi connectivity index (χ4v) is 1.84. The van der Waals surface area contributed by atoms with Crippen LogP contribution < -0.4 is 15.5 Å². The lowest BCUT2D eigenvalue weighted by Crippen LogP contribution is -2.23. The van der Waals surface area contributed by atoms with Crippen LogP contribution in [0.5, 0.6) is 5.75 Å². The number of rotatable bonds is 4. The zero-order valence-electron chi connectivity index (χ0n) is 11.3. The number of hydrazone groups is 1. The molecule has 6 heteroatoms. The normalized spacial score (nSPS) is 10.4. The average Bonchev–Trinajstić information content (AvgIpc) is 2.50. The number of ether oxygens (including phenoxy) is 1. The van der Waals surface area contributed by atoms with Gasteiger partial charge in [0.25, 0.3) is 0 Å². The molecule has 0 atom stereocenters. The third-order valence-corrected chi connectivity index (χ3v) is 3.04. The maximum Gasteiger partial charge on any atom is 0.191 e. The molecule has 0 saturated carbocycles. The van der Waals surface area contributed by atoms with Crippen LogP contribution in [0.3, 0.4) is 0 Å². The van der Waals surface area contributed by atoms with Gasteiger partial charge in [0.05, 0.1) is 13.3 Å². The number of anilines is 1. The second-order valence-corrected chi connectivity index (χ2v) is 4.95. The first-order valence-corrected chi connectivity index (χ1v) is 6.95. The fraction of sp³-hybridized carbons (Fsp3) is 0.0667. The summed E-state index contributed by atoms with van der Waals surface area (Å²) in [4.78, 5) is 0. The van der Waals surface area contributed by atoms with Crippen LogP contribution in [0.4, 0.5) is 5.69 Å². The van der Waals surface area contributed by atoms with Crippen molar-refractivity contribution < 1.29 is 4.74 Å². The Hall–Kier alpha value is -2.11. The van der Waals surface area contributed by atoms with E-state index in [0.717, 1.165) is 17.0 Å². The summed E-state index contributed by atoms with van der Waals surface area (Å²) in [6.07, 6.45) is 1.67. The number of methoxy groups -OCH3 is 1. The summed E-state index contributed by atoms with van der Waals surface area (Å²) < 4.78 is 5.09. The molecule has 0 heterocycles. The molecule has 4 nitrogen and oxygen atoms in total. The summed E-state index contributed by atoms with van der Waals surface area (Å²) >= 11 is 11.0. The lowest BCUT2D eigenvalue weighted by atomic mass is 10.2. The van der Waals surface area contributed by atoms with E-state index >= 15 is 0 Å². The topological polar surface area (TPSA) is 45.6 Å². The molecular formula is C15H14ClN3OS. The van der Waals surface area contributed by atoms with Crippen molar-refractivity contribution in [2.75, 3.05) is 12.4 Å². The molecule has 0 amide bonds. The van der Waals surface area contributed by atoms with Crippen molar-refractivity contribution in [2.24, 2.45) is 5.10 Å². The monoisotopic (exact) mass is 319 g/mol. The van der Waals surface area contributed by atoms with Gasteiger partial charge < -0.3 is 10.1 Å². The first-order valence-electron chi connectivity index (χ1n) is 6.17. The zero-order chi connectivity index (χ0) is 15.1. The Morgan fingerprint density at radius 3 is 2.43 bits per heavy atom. The summed E-state index contributed by atoms with van der Waals surface area (Å²) in [7, 11) is 1.63. The first-order chi connectivity index (χ1) is 10.2. The van der Waals surface area contributed by atoms with Crippen LogP contribution in [0.1, 0.15) is 5.56 Å². The highest BCUT2D eigenvalue weighted by Crippen LogP contribution is 2.14. The molecule has 0 saturated heterocycles. The molecule has 2 aromatic rings. The van der Waals surface area contributed by atoms with Crippen LogP contribution >= 0.6 is 23.8 Å². The Kier molecular flexibility index (Phi) is 5.54. The van der Waals surface area contributed by atoms with Crippen LogP contribution in [-0.4, -0.2) is 18.4 Å². The molecule has 0 radical (unpaired) electrons. The standard InChI is InChI=1S/C15H14ClN3OS/c1-20-14-8-6-13(7-9-14)18-15(21)19-17-10-11-2-4-12(16)5-3-11/h2-10H,1H3,(H2,18,19,21). The molecule has 2 aromatic carbocycles. The van der Waals surface area contributed by atoms with E-state index < -0.39 is 0 Å². The molecule has 0 unspecified atom stereocenters. The summed E-state index contributed by atoms with van der Waals surface area (Å²) in [6.45, 7) is 0. The van der Waals surface area contributed by atoms with Crippen LogP contribution in [0.2, 0.25) is 5.02 Å². The minimum absolute atomic E-state index is 0.408. The van der Waals surface area contributed by atoms with E-state index in [1.165, 1.54) is 0 Å². The number of hydrogen-bond donors (Lipinski definition) is 2. The molecular weight excluding hydrogens is 306 g/mol. The van der Waals surface area contributed by atoms with E-state index in [0.29, 0.717) is 10.1 Å². The molecule has 0 bridgehead atoms. The highest BCUT2D eigenvalue weighted by atomic mass is 35.5. The van der Waals surface area contributed by atoms with Crippen molar-refractivity contribution in [3.63, 3.8) is 0 Å². The van der Waals surface area contributed by atoms with Gasteiger partial charge in [-0.15, -0.1) is 0 Å². The lowest BCUT2D eigenvalue weighted by molar-refractivity contribution is 0.415. The Balaban J connectivity index is 1.85. The van der Waals surface area contributed by atoms with Gasteiger partial charge in [0.15, 0.2) is 5.11 Å². The van der Waals surface area contributed by atoms with E-state index in [4.69, 9.17) is 28.6 Å². The summed E-state index contributed by atoms with van der Waals surface area (Å²) in [6, 6.07) is 14.8. The number of nitrogens with one attached hydrogen (secondary N) is 2. The molecule has 2 rings (SSSR count). The maximum atomic E-state index is 5.81. The third kappa shape index (κ3) is 5.06. The van der Waals surface area contributed by atoms with E-state index in [9.17, 15) is 0 Å². The number of nitrogens with zero attached hydrogens (tertiary/aromatic N) is 1. The Morgan fingerprint density at radius 2 is 1.81 bits per heavy atom. The molecule has 108 valence electrons. The van der Waals surface area contributed by atoms with Crippen molar-refractivity contribution >= 4 is 40.8 Å². The van der Waals surface area contributed by atoms with Crippen molar-refractivity contribution in [1.82, 2.24) is 5.43 Å². The highest BCUT2D eigenvalue weighted by molar-refractivity contribution is 7.80. The van der Waals surface area contributed by atoms with Crippen LogP contribution in [0, 0.1) is 0 Å². The van der Waals surface area contributed by atoms with E-state index in [2.05, 4.69) is 15.8 Å². The van der Waals surface area contributed by atoms with Gasteiger partial charge in [0.1, 0.15) is 5.75 Å². The van der Waals surface area contributed by atoms with Crippen molar-refractivity contribution in [1.29, 1.82) is 0 Å². The first kappa shape index (κ1) is 15.3. The second kappa shape index (κ2) is 7.61. The quantitative estimate of drug-likeness (QED) is 0.513. The van der Waals surface area contributed by atoms with Crippen LogP contribution in [-0.2, 0) is 0 Å². The van der Waals surface area contributed by atoms with E-state index in [1.54, 1.807) is 25.5 Å². The Labute approximate surface area is 133 Å². The van der Waals surface area contributed by atoms with Gasteiger partial charge in [0.2, 0.25) is 0 Å². The molecule has 21 heavy (non-hydrogen) atoms. The number of halogens is 1. The average molecular weight is 320 g/mol. The Bertz CT molecular complexity index is 626. The third-order valence-electron chi connectivity index (χ3n) is 2.60. The van der Waals surface area contributed by atoms with Gasteiger partial charge in [0, 0.05) is 10.7 Å². The largest absolute Gasteiger partial charge is 0.497 e. The molecule has 0 aliphatic carbocycles. The predicted octanol–water partition coefficient (Wildman–Crippen LogP) is 3.67. The smallest absolute Gasteiger partial charge is 0.191 e. The van der Waals surface area contributed by atoms with Crippen molar-refractivity contribution in [3.8, 4) is 5.75 Å². The number of thiocarbonyl (C=S) groups is 1. The summed E-state index contributed by atoms with van der Waals surface area (Å²) in [5, 5.41) is 8.17. The molecule has 0 aliphatic heterocycles. The molecule has 0 aliphatic rings. The van der Waals surface area contributed by atoms with Gasteiger partial charge in [-0.3, -0.25) is 5.43 Å². The maximum absolute atomic E-state index is 5.81. The number of benzene rings is 2. The molecule has 0 aromatic heterocycles. The predicted molar refractivity (Wildman–Crippen MR) is 91.4 cm³/mol. The van der Waals surface area contributed by atoms with Gasteiger partial charge in [-0.2, -0.15) is 5.10 Å². The molecule has 0 fully saturated rings. The second-order valence-electron chi connectivity index (χ2n) is 4.10. The molecule has 2 N–H and O–H groups in total. The van der Waals surface area contributed by atoms with Gasteiger partial charge in [-0.25, -0.2) is 0 Å². The van der Waals surface area contributed by atoms with E-state index in [-0.39, 0.29) is 0 Å². The Morgan fingerprint density at radius 1 is 1.14 bits per heavy atom. The van der Waals surface area contributed by atoms with Gasteiger partial charge in [-0.1, -0.05) is 23.7 Å². The fourth-order valence-electron chi connectivity index (χ4n) is 1.55. The SMILES string of the molecule is COc1ccc(NC(=S)NN=Cc2ccc(Cl)cc2)cc1. The molecule has 0 spiro atoms. The highest BCUT2D eigenvalue weighted by Gasteiger charge is 1.97. The van der Waals surface area contributed by atoms with Crippen LogP contribution in [0.25, 0.3) is 0 Å². The van der Waals surface area contributed by atoms with Gasteiger partial charge in [-0.05, 0) is 54.2 Å². The zero-order valence-corrected chi connectivity index (χ0v) is 12.9. The van der Waals surface area contributed by atoms with Gasteiger partial charge >= 0.3 is 0 Å². The van der Waals surface area contributed by atoms with E-state index in [1.807, 2.05) is 36.4 Å². The van der Waals surface area contributed by atoms with Crippen molar-refractivity contribution in [3.05, 3.63) is 59.1 Å². The lowest BCUT2D eigenvalue weighted by Gasteiger charge is -2.07. The summed E-state index contributed by atoms with van der Waals surface area (Å²) in [5.74, 6) is 0.792. The minimum Gasteiger partial charge on any atom is -0.497 e. The minimum atomic E-state index is 0.408.